The zero-order valence-electron chi connectivity index (χ0n) is 17.1. The Morgan fingerprint density at radius 2 is 1.84 bits per heavy atom. The van der Waals surface area contributed by atoms with Gasteiger partial charge in [0.2, 0.25) is 5.91 Å². The van der Waals surface area contributed by atoms with Gasteiger partial charge < -0.3 is 4.90 Å². The predicted octanol–water partition coefficient (Wildman–Crippen LogP) is 2.57. The highest BCUT2D eigenvalue weighted by Gasteiger charge is 2.39. The van der Waals surface area contributed by atoms with Gasteiger partial charge in [-0.2, -0.15) is 5.10 Å². The third-order valence-corrected chi connectivity index (χ3v) is 6.50. The van der Waals surface area contributed by atoms with Crippen molar-refractivity contribution in [1.82, 2.24) is 19.7 Å². The molecule has 0 bridgehead atoms. The van der Waals surface area contributed by atoms with Gasteiger partial charge >= 0.3 is 5.69 Å². The van der Waals surface area contributed by atoms with Crippen LogP contribution in [0, 0.1) is 11.8 Å². The molecule has 1 aromatic heterocycles. The molecular formula is C24H23N5O2. The van der Waals surface area contributed by atoms with Crippen molar-refractivity contribution in [2.24, 2.45) is 16.8 Å². The number of benzene rings is 2. The van der Waals surface area contributed by atoms with Crippen LogP contribution in [0.25, 0.3) is 16.8 Å². The second-order valence-electron chi connectivity index (χ2n) is 8.80. The second kappa shape index (κ2) is 7.04. The monoisotopic (exact) mass is 413 g/mol. The molecular weight excluding hydrogens is 390 g/mol. The largest absolute Gasteiger partial charge is 0.347 e. The Kier molecular flexibility index (Phi) is 4.16. The highest BCUT2D eigenvalue weighted by Crippen LogP contribution is 2.34. The summed E-state index contributed by atoms with van der Waals surface area (Å²) in [5.74, 6) is 1.63. The van der Waals surface area contributed by atoms with Crippen LogP contribution in [0.15, 0.2) is 52.3 Å². The second-order valence-corrected chi connectivity index (χ2v) is 8.80. The quantitative estimate of drug-likeness (QED) is 0.698. The average molecular weight is 413 g/mol. The molecule has 2 aliphatic heterocycles. The molecule has 6 rings (SSSR count). The maximum atomic E-state index is 12.4. The van der Waals surface area contributed by atoms with E-state index in [1.165, 1.54) is 11.1 Å². The summed E-state index contributed by atoms with van der Waals surface area (Å²) in [6.07, 6.45) is 4.67. The highest BCUT2D eigenvalue weighted by molar-refractivity contribution is 5.86. The third kappa shape index (κ3) is 3.30. The van der Waals surface area contributed by atoms with Crippen molar-refractivity contribution in [2.45, 2.75) is 25.8 Å². The topological polar surface area (TPSA) is 83.4 Å². The minimum absolute atomic E-state index is 0.234. The first kappa shape index (κ1) is 18.3. The van der Waals surface area contributed by atoms with Crippen LogP contribution in [0.1, 0.15) is 29.8 Å². The number of fused-ring (bicyclic) bond motifs is 1. The number of aromatic nitrogens is 3. The van der Waals surface area contributed by atoms with Gasteiger partial charge in [0.25, 0.3) is 0 Å². The van der Waals surface area contributed by atoms with E-state index >= 15 is 0 Å². The summed E-state index contributed by atoms with van der Waals surface area (Å²) < 4.78 is 1.64. The fourth-order valence-corrected chi connectivity index (χ4v) is 4.55. The number of amides is 1. The molecule has 1 aliphatic carbocycles. The first-order valence-electron chi connectivity index (χ1n) is 10.8. The summed E-state index contributed by atoms with van der Waals surface area (Å²) in [6.45, 7) is 2.26. The Bertz CT molecular complexity index is 1240. The molecule has 1 N–H and O–H groups in total. The van der Waals surface area contributed by atoms with Crippen molar-refractivity contribution < 1.29 is 4.79 Å². The van der Waals surface area contributed by atoms with Gasteiger partial charge in [-0.1, -0.05) is 24.3 Å². The number of carbonyl (C=O) groups excluding carboxylic acids is 1. The molecule has 0 atom stereocenters. The van der Waals surface area contributed by atoms with Crippen LogP contribution in [0.3, 0.4) is 0 Å². The van der Waals surface area contributed by atoms with Crippen LogP contribution in [0.2, 0.25) is 0 Å². The van der Waals surface area contributed by atoms with Crippen LogP contribution in [-0.2, 0) is 17.8 Å². The number of aromatic amines is 1. The van der Waals surface area contributed by atoms with Crippen molar-refractivity contribution in [1.29, 1.82) is 0 Å². The van der Waals surface area contributed by atoms with E-state index in [9.17, 15) is 9.59 Å². The summed E-state index contributed by atoms with van der Waals surface area (Å²) in [5, 5.41) is 6.85. The number of nitrogens with one attached hydrogen (secondary N) is 1. The third-order valence-electron chi connectivity index (χ3n) is 6.50. The van der Waals surface area contributed by atoms with E-state index in [2.05, 4.69) is 33.4 Å². The average Bonchev–Trinajstić information content (AvgIpc) is 3.40. The van der Waals surface area contributed by atoms with Gasteiger partial charge in [-0.05, 0) is 53.3 Å². The van der Waals surface area contributed by atoms with Crippen LogP contribution >= 0.6 is 0 Å². The number of aliphatic imine (C=N–C) groups is 1. The Morgan fingerprint density at radius 1 is 1.06 bits per heavy atom. The van der Waals surface area contributed by atoms with E-state index < -0.39 is 0 Å². The van der Waals surface area contributed by atoms with Crippen LogP contribution < -0.4 is 5.69 Å². The number of hydrogen-bond acceptors (Lipinski definition) is 4. The number of rotatable bonds is 5. The zero-order valence-corrected chi connectivity index (χ0v) is 17.1. The number of likely N-dealkylation sites (tertiary alicyclic amines) is 1. The SMILES string of the molecule is O=C(C1CC1)N1CC(Cc2n[nH]c(=O)n2-c2ccc(-c3ccc4c(c3)CN=C4)cc2)C1. The van der Waals surface area contributed by atoms with E-state index in [0.29, 0.717) is 18.2 Å². The van der Waals surface area contributed by atoms with E-state index in [1.807, 2.05) is 35.4 Å². The molecule has 3 heterocycles. The van der Waals surface area contributed by atoms with E-state index in [0.717, 1.165) is 55.1 Å². The zero-order chi connectivity index (χ0) is 20.9. The summed E-state index contributed by atoms with van der Waals surface area (Å²) in [5.41, 5.74) is 5.23. The standard InChI is InChI=1S/C24H23N5O2/c30-23(17-1-2-17)28-13-15(14-28)9-22-26-27-24(31)29(22)21-7-5-16(6-8-21)18-3-4-19-11-25-12-20(19)10-18/h3-8,10-11,15,17H,1-2,9,12-14H2,(H,27,31). The molecule has 7 nitrogen and oxygen atoms in total. The minimum atomic E-state index is -0.234. The Labute approximate surface area is 179 Å². The molecule has 31 heavy (non-hydrogen) atoms. The van der Waals surface area contributed by atoms with E-state index in [1.54, 1.807) is 4.57 Å². The number of H-pyrrole nitrogens is 1. The lowest BCUT2D eigenvalue weighted by Gasteiger charge is -2.39. The number of hydrogen-bond donors (Lipinski definition) is 1. The molecule has 1 saturated heterocycles. The van der Waals surface area contributed by atoms with Crippen molar-refractivity contribution in [3.8, 4) is 16.8 Å². The summed E-state index contributed by atoms with van der Waals surface area (Å²) in [4.78, 5) is 30.8. The number of nitrogens with zero attached hydrogens (tertiary/aromatic N) is 4. The molecule has 3 aromatic rings. The van der Waals surface area contributed by atoms with Crippen LogP contribution in [-0.4, -0.2) is 44.9 Å². The van der Waals surface area contributed by atoms with Crippen molar-refractivity contribution in [2.75, 3.05) is 13.1 Å². The molecule has 7 heteroatoms. The smallest absolute Gasteiger partial charge is 0.342 e. The fraction of sp³-hybridized carbons (Fsp3) is 0.333. The lowest BCUT2D eigenvalue weighted by atomic mass is 9.95. The summed E-state index contributed by atoms with van der Waals surface area (Å²) >= 11 is 0. The lowest BCUT2D eigenvalue weighted by Crippen LogP contribution is -2.51. The molecule has 0 spiro atoms. The molecule has 1 saturated carbocycles. The maximum Gasteiger partial charge on any atom is 0.347 e. The van der Waals surface area contributed by atoms with Crippen molar-refractivity contribution in [3.63, 3.8) is 0 Å². The van der Waals surface area contributed by atoms with Gasteiger partial charge in [-0.3, -0.25) is 9.79 Å². The minimum Gasteiger partial charge on any atom is -0.342 e. The molecule has 2 aromatic carbocycles. The summed E-state index contributed by atoms with van der Waals surface area (Å²) in [6, 6.07) is 14.4. The molecule has 0 unspecified atom stereocenters. The fourth-order valence-electron chi connectivity index (χ4n) is 4.55. The highest BCUT2D eigenvalue weighted by atomic mass is 16.2. The number of carbonyl (C=O) groups is 1. The Hall–Kier alpha value is -3.48. The first-order chi connectivity index (χ1) is 15.2. The molecule has 3 aliphatic rings. The van der Waals surface area contributed by atoms with Gasteiger partial charge in [0, 0.05) is 37.6 Å². The molecule has 0 radical (unpaired) electrons. The van der Waals surface area contributed by atoms with Gasteiger partial charge in [0.1, 0.15) is 5.82 Å². The van der Waals surface area contributed by atoms with E-state index in [4.69, 9.17) is 0 Å². The van der Waals surface area contributed by atoms with Gasteiger partial charge in [0.15, 0.2) is 0 Å². The normalized spacial score (nSPS) is 17.6. The summed E-state index contributed by atoms with van der Waals surface area (Å²) in [7, 11) is 0. The van der Waals surface area contributed by atoms with Gasteiger partial charge in [-0.15, -0.1) is 0 Å². The Balaban J connectivity index is 1.19. The van der Waals surface area contributed by atoms with E-state index in [-0.39, 0.29) is 11.6 Å². The first-order valence-corrected chi connectivity index (χ1v) is 10.8. The molecule has 156 valence electrons. The molecule has 1 amide bonds. The maximum absolute atomic E-state index is 12.4. The molecule has 2 fully saturated rings. The van der Waals surface area contributed by atoms with Crippen LogP contribution in [0.4, 0.5) is 0 Å². The predicted molar refractivity (Wildman–Crippen MR) is 117 cm³/mol. The lowest BCUT2D eigenvalue weighted by molar-refractivity contribution is -0.138. The Morgan fingerprint density at radius 3 is 2.61 bits per heavy atom. The van der Waals surface area contributed by atoms with Crippen molar-refractivity contribution in [3.05, 3.63) is 69.9 Å². The van der Waals surface area contributed by atoms with Gasteiger partial charge in [-0.25, -0.2) is 14.5 Å². The van der Waals surface area contributed by atoms with Crippen molar-refractivity contribution >= 4 is 12.1 Å². The van der Waals surface area contributed by atoms with Gasteiger partial charge in [0.05, 0.1) is 12.2 Å². The van der Waals surface area contributed by atoms with Crippen LogP contribution in [0.5, 0.6) is 0 Å².